The van der Waals surface area contributed by atoms with Crippen LogP contribution in [0.15, 0.2) is 57.4 Å². The van der Waals surface area contributed by atoms with Gasteiger partial charge in [0.1, 0.15) is 17.4 Å². The highest BCUT2D eigenvalue weighted by Crippen LogP contribution is 2.32. The van der Waals surface area contributed by atoms with Gasteiger partial charge in [0.2, 0.25) is 0 Å². The summed E-state index contributed by atoms with van der Waals surface area (Å²) in [7, 11) is 0. The van der Waals surface area contributed by atoms with E-state index in [9.17, 15) is 5.11 Å². The fourth-order valence-electron chi connectivity index (χ4n) is 2.10. The Balaban J connectivity index is 2.04. The van der Waals surface area contributed by atoms with E-state index in [-0.39, 0.29) is 0 Å². The number of fused-ring (bicyclic) bond motifs is 1. The minimum Gasteiger partial charge on any atom is -0.457 e. The third-order valence-electron chi connectivity index (χ3n) is 3.18. The minimum absolute atomic E-state index is 0.561. The van der Waals surface area contributed by atoms with Gasteiger partial charge < -0.3 is 9.52 Å². The van der Waals surface area contributed by atoms with E-state index >= 15 is 0 Å². The molecule has 3 aromatic rings. The van der Waals surface area contributed by atoms with Crippen LogP contribution < -0.4 is 0 Å². The Morgan fingerprint density at radius 3 is 2.53 bits per heavy atom. The molecule has 3 heteroatoms. The Kier molecular flexibility index (Phi) is 3.17. The molecule has 0 radical (unpaired) electrons. The smallest absolute Gasteiger partial charge is 0.148 e. The third-order valence-corrected chi connectivity index (χ3v) is 3.80. The highest BCUT2D eigenvalue weighted by atomic mass is 79.9. The molecular weight excluding hydrogens is 304 g/mol. The zero-order chi connectivity index (χ0) is 13.4. The zero-order valence-corrected chi connectivity index (χ0v) is 12.0. The molecule has 1 aromatic heterocycles. The van der Waals surface area contributed by atoms with E-state index < -0.39 is 6.10 Å². The number of benzene rings is 2. The molecule has 0 aliphatic heterocycles. The average Bonchev–Trinajstić information content (AvgIpc) is 2.84. The Labute approximate surface area is 119 Å². The lowest BCUT2D eigenvalue weighted by Gasteiger charge is -2.07. The van der Waals surface area contributed by atoms with Gasteiger partial charge in [-0.2, -0.15) is 0 Å². The van der Waals surface area contributed by atoms with Crippen LogP contribution in [0.3, 0.4) is 0 Å². The van der Waals surface area contributed by atoms with Crippen molar-refractivity contribution in [1.29, 1.82) is 0 Å². The van der Waals surface area contributed by atoms with E-state index in [1.807, 2.05) is 55.5 Å². The van der Waals surface area contributed by atoms with Crippen LogP contribution in [-0.4, -0.2) is 5.11 Å². The first-order valence-electron chi connectivity index (χ1n) is 6.08. The first kappa shape index (κ1) is 12.5. The van der Waals surface area contributed by atoms with Gasteiger partial charge in [0, 0.05) is 5.39 Å². The number of rotatable bonds is 2. The molecule has 0 aliphatic rings. The Morgan fingerprint density at radius 1 is 1.11 bits per heavy atom. The monoisotopic (exact) mass is 316 g/mol. The molecule has 1 atom stereocenters. The van der Waals surface area contributed by atoms with Crippen LogP contribution in [0.1, 0.15) is 23.0 Å². The third kappa shape index (κ3) is 2.31. The van der Waals surface area contributed by atoms with Crippen molar-refractivity contribution in [1.82, 2.24) is 0 Å². The maximum absolute atomic E-state index is 10.4. The molecule has 19 heavy (non-hydrogen) atoms. The number of hydrogen-bond donors (Lipinski definition) is 1. The van der Waals surface area contributed by atoms with Gasteiger partial charge in [-0.3, -0.25) is 0 Å². The summed E-state index contributed by atoms with van der Waals surface area (Å²) in [5.74, 6) is 0.561. The molecule has 0 saturated heterocycles. The number of para-hydroxylation sites is 1. The summed E-state index contributed by atoms with van der Waals surface area (Å²) in [5, 5.41) is 11.3. The average molecular weight is 317 g/mol. The largest absolute Gasteiger partial charge is 0.457 e. The van der Waals surface area contributed by atoms with Crippen molar-refractivity contribution in [2.45, 2.75) is 13.0 Å². The van der Waals surface area contributed by atoms with Crippen molar-refractivity contribution < 1.29 is 9.52 Å². The van der Waals surface area contributed by atoms with Crippen LogP contribution in [-0.2, 0) is 0 Å². The minimum atomic E-state index is -0.736. The standard InChI is InChI=1S/C16H13BrO2/c1-10-5-7-11(8-6-10)15(18)14-9-12-3-2-4-13(17)16(12)19-14/h2-9,15,18H,1H3. The van der Waals surface area contributed by atoms with Gasteiger partial charge in [0.15, 0.2) is 0 Å². The molecule has 2 aromatic carbocycles. The zero-order valence-electron chi connectivity index (χ0n) is 10.4. The molecule has 0 aliphatic carbocycles. The molecule has 1 heterocycles. The molecule has 0 saturated carbocycles. The van der Waals surface area contributed by atoms with Crippen LogP contribution in [0.5, 0.6) is 0 Å². The summed E-state index contributed by atoms with van der Waals surface area (Å²) in [6.45, 7) is 2.02. The fraction of sp³-hybridized carbons (Fsp3) is 0.125. The Hall–Kier alpha value is -1.58. The van der Waals surface area contributed by atoms with Gasteiger partial charge in [-0.25, -0.2) is 0 Å². The van der Waals surface area contributed by atoms with E-state index in [4.69, 9.17) is 4.42 Å². The van der Waals surface area contributed by atoms with Crippen LogP contribution in [0, 0.1) is 6.92 Å². The highest BCUT2D eigenvalue weighted by Gasteiger charge is 2.16. The molecule has 3 rings (SSSR count). The first-order chi connectivity index (χ1) is 9.15. The molecule has 1 N–H and O–H groups in total. The summed E-state index contributed by atoms with van der Waals surface area (Å²) in [5.41, 5.74) is 2.77. The number of furan rings is 1. The number of aryl methyl sites for hydroxylation is 1. The van der Waals surface area contributed by atoms with Crippen molar-refractivity contribution in [3.63, 3.8) is 0 Å². The summed E-state index contributed by atoms with van der Waals surface area (Å²) in [6, 6.07) is 15.5. The molecule has 1 unspecified atom stereocenters. The summed E-state index contributed by atoms with van der Waals surface area (Å²) < 4.78 is 6.64. The summed E-state index contributed by atoms with van der Waals surface area (Å²) in [6.07, 6.45) is -0.736. The lowest BCUT2D eigenvalue weighted by molar-refractivity contribution is 0.192. The molecule has 0 fully saturated rings. The van der Waals surface area contributed by atoms with Crippen molar-refractivity contribution in [3.8, 4) is 0 Å². The van der Waals surface area contributed by atoms with Crippen molar-refractivity contribution in [3.05, 3.63) is 69.9 Å². The van der Waals surface area contributed by atoms with E-state index in [2.05, 4.69) is 15.9 Å². The van der Waals surface area contributed by atoms with Gasteiger partial charge in [-0.1, -0.05) is 42.0 Å². The number of hydrogen-bond acceptors (Lipinski definition) is 2. The van der Waals surface area contributed by atoms with Crippen molar-refractivity contribution >= 4 is 26.9 Å². The predicted octanol–water partition coefficient (Wildman–Crippen LogP) is 4.59. The highest BCUT2D eigenvalue weighted by molar-refractivity contribution is 9.10. The van der Waals surface area contributed by atoms with E-state index in [1.54, 1.807) is 0 Å². The Morgan fingerprint density at radius 2 is 1.84 bits per heavy atom. The fourth-order valence-corrected chi connectivity index (χ4v) is 2.56. The number of aliphatic hydroxyl groups is 1. The Bertz CT molecular complexity index is 713. The molecule has 0 amide bonds. The van der Waals surface area contributed by atoms with Gasteiger partial charge in [0.05, 0.1) is 4.47 Å². The molecule has 2 nitrogen and oxygen atoms in total. The SMILES string of the molecule is Cc1ccc(C(O)c2cc3cccc(Br)c3o2)cc1. The van der Waals surface area contributed by atoms with Gasteiger partial charge in [-0.05, 0) is 40.5 Å². The van der Waals surface area contributed by atoms with E-state index in [1.165, 1.54) is 5.56 Å². The lowest BCUT2D eigenvalue weighted by Crippen LogP contribution is -1.97. The topological polar surface area (TPSA) is 33.4 Å². The maximum atomic E-state index is 10.4. The van der Waals surface area contributed by atoms with E-state index in [0.29, 0.717) is 5.76 Å². The van der Waals surface area contributed by atoms with Gasteiger partial charge in [0.25, 0.3) is 0 Å². The second-order valence-electron chi connectivity index (χ2n) is 4.62. The molecular formula is C16H13BrO2. The second kappa shape index (κ2) is 4.83. The first-order valence-corrected chi connectivity index (χ1v) is 6.87. The molecule has 0 bridgehead atoms. The normalized spacial score (nSPS) is 12.8. The second-order valence-corrected chi connectivity index (χ2v) is 5.47. The van der Waals surface area contributed by atoms with Gasteiger partial charge >= 0.3 is 0 Å². The van der Waals surface area contributed by atoms with Crippen LogP contribution in [0.2, 0.25) is 0 Å². The van der Waals surface area contributed by atoms with E-state index in [0.717, 1.165) is 21.0 Å². The van der Waals surface area contributed by atoms with Crippen LogP contribution in [0.4, 0.5) is 0 Å². The van der Waals surface area contributed by atoms with Crippen LogP contribution in [0.25, 0.3) is 11.0 Å². The quantitative estimate of drug-likeness (QED) is 0.750. The molecule has 96 valence electrons. The van der Waals surface area contributed by atoms with Crippen molar-refractivity contribution in [2.75, 3.05) is 0 Å². The number of aliphatic hydroxyl groups excluding tert-OH is 1. The lowest BCUT2D eigenvalue weighted by atomic mass is 10.1. The summed E-state index contributed by atoms with van der Waals surface area (Å²) in [4.78, 5) is 0. The van der Waals surface area contributed by atoms with Gasteiger partial charge in [-0.15, -0.1) is 0 Å². The predicted molar refractivity (Wildman–Crippen MR) is 79.2 cm³/mol. The van der Waals surface area contributed by atoms with Crippen LogP contribution >= 0.6 is 15.9 Å². The maximum Gasteiger partial charge on any atom is 0.148 e. The number of halogens is 1. The van der Waals surface area contributed by atoms with Crippen molar-refractivity contribution in [2.24, 2.45) is 0 Å². The molecule has 0 spiro atoms. The summed E-state index contributed by atoms with van der Waals surface area (Å²) >= 11 is 3.45.